The summed E-state index contributed by atoms with van der Waals surface area (Å²) in [7, 11) is 0. The Bertz CT molecular complexity index is 708. The Morgan fingerprint density at radius 3 is 2.54 bits per heavy atom. The number of hydrogen-bond acceptors (Lipinski definition) is 6. The number of rotatable bonds is 5. The van der Waals surface area contributed by atoms with Gasteiger partial charge in [-0.3, -0.25) is 9.59 Å². The monoisotopic (exact) mass is 331 g/mol. The maximum atomic E-state index is 12.5. The highest BCUT2D eigenvalue weighted by molar-refractivity contribution is 5.95. The number of tetrazole rings is 1. The summed E-state index contributed by atoms with van der Waals surface area (Å²) in [6.07, 6.45) is 2.30. The molecule has 1 aliphatic rings. The predicted octanol–water partition coefficient (Wildman–Crippen LogP) is 0.416. The van der Waals surface area contributed by atoms with E-state index in [2.05, 4.69) is 20.8 Å². The van der Waals surface area contributed by atoms with Crippen molar-refractivity contribution in [3.05, 3.63) is 36.2 Å². The van der Waals surface area contributed by atoms with Gasteiger partial charge < -0.3 is 15.2 Å². The number of carbonyl (C=O) groups excluding carboxylic acids is 1. The lowest BCUT2D eigenvalue weighted by atomic mass is 9.86. The van der Waals surface area contributed by atoms with E-state index in [4.69, 9.17) is 9.84 Å². The molecular formula is C15H17N5O4. The van der Waals surface area contributed by atoms with E-state index < -0.39 is 11.5 Å². The van der Waals surface area contributed by atoms with Gasteiger partial charge in [-0.25, -0.2) is 4.68 Å². The van der Waals surface area contributed by atoms with Gasteiger partial charge in [0.05, 0.1) is 17.6 Å². The fourth-order valence-electron chi connectivity index (χ4n) is 2.76. The number of carbonyl (C=O) groups is 2. The van der Waals surface area contributed by atoms with Crippen LogP contribution in [0.1, 0.15) is 29.6 Å². The van der Waals surface area contributed by atoms with Crippen molar-refractivity contribution in [2.75, 3.05) is 13.2 Å². The zero-order valence-electron chi connectivity index (χ0n) is 12.9. The Labute approximate surface area is 137 Å². The number of aliphatic carboxylic acids is 1. The summed E-state index contributed by atoms with van der Waals surface area (Å²) in [5.74, 6) is -1.24. The van der Waals surface area contributed by atoms with Gasteiger partial charge in [-0.15, -0.1) is 5.10 Å². The third-order valence-electron chi connectivity index (χ3n) is 4.06. The van der Waals surface area contributed by atoms with E-state index in [9.17, 15) is 9.59 Å². The molecule has 0 atom stereocenters. The largest absolute Gasteiger partial charge is 0.481 e. The minimum Gasteiger partial charge on any atom is -0.481 e. The molecule has 0 unspecified atom stereocenters. The average Bonchev–Trinajstić information content (AvgIpc) is 3.09. The molecule has 1 aromatic heterocycles. The van der Waals surface area contributed by atoms with Gasteiger partial charge in [-0.05, 0) is 47.5 Å². The fourth-order valence-corrected chi connectivity index (χ4v) is 2.76. The molecule has 0 bridgehead atoms. The van der Waals surface area contributed by atoms with Gasteiger partial charge in [0.25, 0.3) is 5.91 Å². The quantitative estimate of drug-likeness (QED) is 0.814. The van der Waals surface area contributed by atoms with Gasteiger partial charge >= 0.3 is 5.97 Å². The summed E-state index contributed by atoms with van der Waals surface area (Å²) >= 11 is 0. The normalized spacial score (nSPS) is 16.5. The van der Waals surface area contributed by atoms with Gasteiger partial charge in [-0.1, -0.05) is 0 Å². The molecule has 0 spiro atoms. The van der Waals surface area contributed by atoms with Crippen molar-refractivity contribution in [1.29, 1.82) is 0 Å². The number of nitrogens with zero attached hydrogens (tertiary/aromatic N) is 4. The van der Waals surface area contributed by atoms with E-state index in [0.29, 0.717) is 31.6 Å². The van der Waals surface area contributed by atoms with Crippen LogP contribution in [0.15, 0.2) is 30.6 Å². The topological polar surface area (TPSA) is 119 Å². The number of nitrogens with one attached hydrogen (secondary N) is 1. The van der Waals surface area contributed by atoms with E-state index >= 15 is 0 Å². The molecule has 1 fully saturated rings. The first-order valence-electron chi connectivity index (χ1n) is 7.53. The molecule has 0 aliphatic carbocycles. The van der Waals surface area contributed by atoms with Crippen LogP contribution in [0.3, 0.4) is 0 Å². The summed E-state index contributed by atoms with van der Waals surface area (Å²) in [6, 6.07) is 6.75. The summed E-state index contributed by atoms with van der Waals surface area (Å²) in [5.41, 5.74) is 0.404. The van der Waals surface area contributed by atoms with Crippen LogP contribution in [-0.4, -0.2) is 55.9 Å². The fraction of sp³-hybridized carbons (Fsp3) is 0.400. The lowest BCUT2D eigenvalue weighted by Crippen LogP contribution is -2.53. The Morgan fingerprint density at radius 1 is 1.25 bits per heavy atom. The minimum atomic E-state index is -0.939. The van der Waals surface area contributed by atoms with E-state index in [-0.39, 0.29) is 12.3 Å². The smallest absolute Gasteiger partial charge is 0.305 e. The molecule has 1 aromatic carbocycles. The molecule has 126 valence electrons. The summed E-state index contributed by atoms with van der Waals surface area (Å²) in [4.78, 5) is 23.7. The van der Waals surface area contributed by atoms with Crippen LogP contribution in [0.5, 0.6) is 0 Å². The van der Waals surface area contributed by atoms with Crippen LogP contribution in [0.4, 0.5) is 0 Å². The lowest BCUT2D eigenvalue weighted by molar-refractivity contribution is -0.139. The first kappa shape index (κ1) is 16.1. The van der Waals surface area contributed by atoms with Crippen LogP contribution in [-0.2, 0) is 9.53 Å². The van der Waals surface area contributed by atoms with Gasteiger partial charge in [0.15, 0.2) is 0 Å². The molecule has 9 heteroatoms. The zero-order valence-corrected chi connectivity index (χ0v) is 12.9. The van der Waals surface area contributed by atoms with Gasteiger partial charge in [0.2, 0.25) is 0 Å². The second-order valence-corrected chi connectivity index (χ2v) is 5.72. The molecule has 1 saturated heterocycles. The van der Waals surface area contributed by atoms with Gasteiger partial charge in [0, 0.05) is 18.8 Å². The molecule has 0 radical (unpaired) electrons. The van der Waals surface area contributed by atoms with E-state index in [1.54, 1.807) is 24.3 Å². The summed E-state index contributed by atoms with van der Waals surface area (Å²) in [5, 5.41) is 22.9. The molecule has 9 nitrogen and oxygen atoms in total. The number of ether oxygens (including phenoxy) is 1. The highest BCUT2D eigenvalue weighted by Crippen LogP contribution is 2.25. The van der Waals surface area contributed by atoms with Gasteiger partial charge in [0.1, 0.15) is 6.33 Å². The number of amides is 1. The number of aromatic nitrogens is 4. The number of carboxylic acids is 1. The van der Waals surface area contributed by atoms with Crippen LogP contribution in [0.2, 0.25) is 0 Å². The lowest BCUT2D eigenvalue weighted by Gasteiger charge is -2.36. The van der Waals surface area contributed by atoms with Crippen LogP contribution in [0.25, 0.3) is 5.69 Å². The number of benzene rings is 1. The van der Waals surface area contributed by atoms with Crippen molar-refractivity contribution in [3.63, 3.8) is 0 Å². The van der Waals surface area contributed by atoms with Crippen molar-refractivity contribution in [2.45, 2.75) is 24.8 Å². The molecule has 1 amide bonds. The van der Waals surface area contributed by atoms with E-state index in [1.807, 2.05) is 0 Å². The SMILES string of the molecule is O=C(O)CC1(NC(=O)c2ccc(-n3cnnn3)cc2)CCOCC1. The van der Waals surface area contributed by atoms with Crippen LogP contribution < -0.4 is 5.32 Å². The highest BCUT2D eigenvalue weighted by atomic mass is 16.5. The minimum absolute atomic E-state index is 0.120. The van der Waals surface area contributed by atoms with Crippen molar-refractivity contribution < 1.29 is 19.4 Å². The summed E-state index contributed by atoms with van der Waals surface area (Å²) in [6.45, 7) is 0.873. The predicted molar refractivity (Wildman–Crippen MR) is 81.7 cm³/mol. The Hall–Kier alpha value is -2.81. The Balaban J connectivity index is 1.74. The van der Waals surface area contributed by atoms with E-state index in [0.717, 1.165) is 5.69 Å². The Kier molecular flexibility index (Phi) is 4.52. The first-order chi connectivity index (χ1) is 11.6. The number of carboxylic acid groups (broad SMARTS) is 1. The molecule has 2 N–H and O–H groups in total. The first-order valence-corrected chi connectivity index (χ1v) is 7.53. The average molecular weight is 331 g/mol. The van der Waals surface area contributed by atoms with Crippen molar-refractivity contribution in [1.82, 2.24) is 25.5 Å². The zero-order chi connectivity index (χ0) is 17.0. The third-order valence-corrected chi connectivity index (χ3v) is 4.06. The second-order valence-electron chi connectivity index (χ2n) is 5.72. The van der Waals surface area contributed by atoms with Crippen molar-refractivity contribution in [2.24, 2.45) is 0 Å². The standard InChI is InChI=1S/C15H17N5O4/c21-13(22)9-15(5-7-24-8-6-15)17-14(23)11-1-3-12(4-2-11)20-10-16-18-19-20/h1-4,10H,5-9H2,(H,17,23)(H,21,22). The molecular weight excluding hydrogens is 314 g/mol. The molecule has 2 heterocycles. The van der Waals surface area contributed by atoms with Crippen LogP contribution in [0, 0.1) is 0 Å². The molecule has 3 rings (SSSR count). The summed E-state index contributed by atoms with van der Waals surface area (Å²) < 4.78 is 6.76. The van der Waals surface area contributed by atoms with Crippen molar-refractivity contribution in [3.8, 4) is 5.69 Å². The van der Waals surface area contributed by atoms with E-state index in [1.165, 1.54) is 11.0 Å². The Morgan fingerprint density at radius 2 is 1.96 bits per heavy atom. The van der Waals surface area contributed by atoms with Crippen molar-refractivity contribution >= 4 is 11.9 Å². The van der Waals surface area contributed by atoms with Gasteiger partial charge in [-0.2, -0.15) is 0 Å². The number of hydrogen-bond donors (Lipinski definition) is 2. The molecule has 0 saturated carbocycles. The molecule has 1 aliphatic heterocycles. The van der Waals surface area contributed by atoms with Crippen LogP contribution >= 0.6 is 0 Å². The third kappa shape index (κ3) is 3.57. The molecule has 2 aromatic rings. The highest BCUT2D eigenvalue weighted by Gasteiger charge is 2.36. The maximum Gasteiger partial charge on any atom is 0.305 e. The maximum absolute atomic E-state index is 12.5. The second kappa shape index (κ2) is 6.75. The molecule has 24 heavy (non-hydrogen) atoms.